The summed E-state index contributed by atoms with van der Waals surface area (Å²) < 4.78 is 6.26. The van der Waals surface area contributed by atoms with Crippen LogP contribution < -0.4 is 0 Å². The highest BCUT2D eigenvalue weighted by atomic mass is 28.3. The van der Waals surface area contributed by atoms with Crippen LogP contribution in [0.5, 0.6) is 0 Å². The first-order valence-electron chi connectivity index (χ1n) is 19.3. The van der Waals surface area contributed by atoms with Gasteiger partial charge in [0.05, 0.1) is 5.60 Å². The van der Waals surface area contributed by atoms with E-state index in [0.29, 0.717) is 11.1 Å². The summed E-state index contributed by atoms with van der Waals surface area (Å²) in [5.74, 6) is 0. The Labute approximate surface area is 314 Å². The second-order valence-electron chi connectivity index (χ2n) is 18.4. The van der Waals surface area contributed by atoms with Gasteiger partial charge < -0.3 is 4.74 Å². The van der Waals surface area contributed by atoms with Crippen LogP contribution in [0.3, 0.4) is 0 Å². The molecule has 1 radical (unpaired) electrons. The zero-order valence-electron chi connectivity index (χ0n) is 33.3. The Morgan fingerprint density at radius 3 is 1.35 bits per heavy atom. The van der Waals surface area contributed by atoms with E-state index < -0.39 is 19.0 Å². The van der Waals surface area contributed by atoms with E-state index in [1.165, 1.54) is 50.9 Å². The lowest BCUT2D eigenvalue weighted by Crippen LogP contribution is -2.27. The minimum absolute atomic E-state index is 0.0918. The Morgan fingerprint density at radius 1 is 0.569 bits per heavy atom. The summed E-state index contributed by atoms with van der Waals surface area (Å²) >= 11 is 0. The van der Waals surface area contributed by atoms with Gasteiger partial charge in [0.2, 0.25) is 0 Å². The fourth-order valence-electron chi connectivity index (χ4n) is 8.15. The highest BCUT2D eigenvalue weighted by Crippen LogP contribution is 2.45. The van der Waals surface area contributed by atoms with Crippen molar-refractivity contribution in [1.82, 2.24) is 0 Å². The third kappa shape index (κ3) is 8.53. The van der Waals surface area contributed by atoms with Crippen LogP contribution in [-0.2, 0) is 15.6 Å². The van der Waals surface area contributed by atoms with Gasteiger partial charge in [-0.15, -0.1) is 0 Å². The van der Waals surface area contributed by atoms with Gasteiger partial charge in [-0.05, 0) is 124 Å². The first-order chi connectivity index (χ1) is 24.0. The van der Waals surface area contributed by atoms with E-state index in [-0.39, 0.29) is 16.4 Å². The summed E-state index contributed by atoms with van der Waals surface area (Å²) in [7, 11) is -1.09. The van der Waals surface area contributed by atoms with Crippen molar-refractivity contribution in [3.05, 3.63) is 135 Å². The molecule has 0 saturated carbocycles. The molecule has 51 heavy (non-hydrogen) atoms. The quantitative estimate of drug-likeness (QED) is 0.118. The molecular weight excluding hydrogens is 649 g/mol. The molecule has 0 heterocycles. The van der Waals surface area contributed by atoms with Gasteiger partial charge >= 0.3 is 0 Å². The molecule has 0 aromatic heterocycles. The van der Waals surface area contributed by atoms with E-state index in [4.69, 9.17) is 4.74 Å². The molecule has 4 aromatic carbocycles. The molecule has 0 amide bonds. The van der Waals surface area contributed by atoms with Crippen molar-refractivity contribution >= 4 is 31.2 Å². The van der Waals surface area contributed by atoms with Crippen LogP contribution in [0.2, 0.25) is 0 Å². The number of rotatable bonds is 10. The molecule has 0 bridgehead atoms. The number of hydrogen-bond donors (Lipinski definition) is 0. The SMILES string of the molecule is CC1=Cc2c(-c3ccc(C(C)(C)C)cc3)cccc2C1[SiH2][C](CCCOC(C)(C)C)[SiH2]C1C(C)=Cc2c(-c3ccc(C(C)(C)C)cc3)cccc21. The molecule has 4 aromatic rings. The molecule has 0 N–H and O–H groups in total. The normalized spacial score (nSPS) is 17.9. The fraction of sp³-hybridized carbons (Fsp3) is 0.396. The molecule has 2 unspecified atom stereocenters. The van der Waals surface area contributed by atoms with Gasteiger partial charge in [0.1, 0.15) is 0 Å². The van der Waals surface area contributed by atoms with Gasteiger partial charge in [-0.3, -0.25) is 0 Å². The van der Waals surface area contributed by atoms with Gasteiger partial charge in [-0.1, -0.05) is 156 Å². The molecule has 267 valence electrons. The third-order valence-electron chi connectivity index (χ3n) is 11.2. The lowest BCUT2D eigenvalue weighted by Gasteiger charge is -2.27. The predicted octanol–water partition coefficient (Wildman–Crippen LogP) is 11.7. The van der Waals surface area contributed by atoms with Crippen molar-refractivity contribution in [3.63, 3.8) is 0 Å². The van der Waals surface area contributed by atoms with Crippen LogP contribution in [0.15, 0.2) is 96.1 Å². The summed E-state index contributed by atoms with van der Waals surface area (Å²) in [6, 6.07) is 32.8. The van der Waals surface area contributed by atoms with Crippen molar-refractivity contribution in [1.29, 1.82) is 0 Å². The minimum Gasteiger partial charge on any atom is -0.376 e. The largest absolute Gasteiger partial charge is 0.376 e. The molecule has 0 fully saturated rings. The summed E-state index contributed by atoms with van der Waals surface area (Å²) in [6.07, 6.45) is 7.39. The average Bonchev–Trinajstić information content (AvgIpc) is 3.56. The van der Waals surface area contributed by atoms with E-state index in [1.807, 2.05) is 5.16 Å². The monoisotopic (exact) mass is 709 g/mol. The summed E-state index contributed by atoms with van der Waals surface area (Å²) in [4.78, 5) is 0. The zero-order chi connectivity index (χ0) is 36.7. The molecule has 0 saturated heterocycles. The summed E-state index contributed by atoms with van der Waals surface area (Å²) in [5, 5.41) is 1.93. The van der Waals surface area contributed by atoms with Crippen molar-refractivity contribution < 1.29 is 4.74 Å². The molecule has 2 aliphatic carbocycles. The van der Waals surface area contributed by atoms with E-state index >= 15 is 0 Å². The van der Waals surface area contributed by atoms with Crippen LogP contribution in [0.25, 0.3) is 34.4 Å². The molecule has 6 rings (SSSR count). The molecule has 2 atom stereocenters. The summed E-state index contributed by atoms with van der Waals surface area (Å²) in [6.45, 7) is 25.9. The molecule has 2 aliphatic rings. The van der Waals surface area contributed by atoms with Crippen molar-refractivity contribution in [2.24, 2.45) is 0 Å². The van der Waals surface area contributed by atoms with Crippen LogP contribution in [0.4, 0.5) is 0 Å². The van der Waals surface area contributed by atoms with Gasteiger partial charge in [0, 0.05) is 25.6 Å². The standard InChI is InChI=1S/C48H61OSi2/c1-31-29-41-37(33-20-24-35(25-21-33)46(3,4)5)15-12-17-39(41)44(31)50-43(19-14-28-49-48(9,10)11)51-45-32(2)30-42-38(16-13-18-40(42)45)34-22-26-36(27-23-34)47(6,7)8/h12-13,15-18,20-27,29-30,44-45H,14,19,28,50-51H2,1-11H3. The van der Waals surface area contributed by atoms with Crippen LogP contribution in [0.1, 0.15) is 133 Å². The van der Waals surface area contributed by atoms with Crippen LogP contribution in [0, 0.1) is 5.16 Å². The highest BCUT2D eigenvalue weighted by molar-refractivity contribution is 6.69. The third-order valence-corrected chi connectivity index (χ3v) is 17.8. The number of ether oxygens (including phenoxy) is 1. The molecule has 0 aliphatic heterocycles. The first kappa shape index (κ1) is 37.5. The maximum Gasteiger partial charge on any atom is 0.0598 e. The number of benzene rings is 4. The maximum absolute atomic E-state index is 6.26. The lowest BCUT2D eigenvalue weighted by atomic mass is 9.86. The number of hydrogen-bond acceptors (Lipinski definition) is 1. The van der Waals surface area contributed by atoms with E-state index in [9.17, 15) is 0 Å². The van der Waals surface area contributed by atoms with E-state index in [1.54, 1.807) is 22.3 Å². The minimum atomic E-state index is -0.545. The van der Waals surface area contributed by atoms with Gasteiger partial charge in [0.25, 0.3) is 0 Å². The van der Waals surface area contributed by atoms with Crippen molar-refractivity contribution in [2.45, 2.75) is 117 Å². The van der Waals surface area contributed by atoms with Gasteiger partial charge in [0.15, 0.2) is 0 Å². The summed E-state index contributed by atoms with van der Waals surface area (Å²) in [5.41, 5.74) is 18.8. The van der Waals surface area contributed by atoms with Crippen molar-refractivity contribution in [3.8, 4) is 22.3 Å². The smallest absolute Gasteiger partial charge is 0.0598 e. The Kier molecular flexibility index (Phi) is 10.8. The van der Waals surface area contributed by atoms with Gasteiger partial charge in [-0.2, -0.15) is 0 Å². The Hall–Kier alpha value is -3.25. The van der Waals surface area contributed by atoms with E-state index in [2.05, 4.69) is 173 Å². The Morgan fingerprint density at radius 2 is 0.980 bits per heavy atom. The van der Waals surface area contributed by atoms with Crippen LogP contribution >= 0.6 is 0 Å². The maximum atomic E-state index is 6.26. The Bertz CT molecular complexity index is 1780. The van der Waals surface area contributed by atoms with Gasteiger partial charge in [-0.25, -0.2) is 0 Å². The molecular formula is C48H61OSi2. The Balaban J connectivity index is 1.27. The average molecular weight is 710 g/mol. The van der Waals surface area contributed by atoms with Crippen molar-refractivity contribution in [2.75, 3.05) is 6.61 Å². The zero-order valence-corrected chi connectivity index (χ0v) is 36.2. The molecule has 3 heteroatoms. The second-order valence-corrected chi connectivity index (χ2v) is 23.8. The topological polar surface area (TPSA) is 9.23 Å². The number of allylic oxidation sites excluding steroid dienone is 2. The molecule has 0 spiro atoms. The van der Waals surface area contributed by atoms with Crippen LogP contribution in [-0.4, -0.2) is 31.2 Å². The molecule has 1 nitrogen and oxygen atoms in total. The van der Waals surface area contributed by atoms with E-state index in [0.717, 1.165) is 13.0 Å². The predicted molar refractivity (Wildman–Crippen MR) is 229 cm³/mol. The fourth-order valence-corrected chi connectivity index (χ4v) is 14.6. The second kappa shape index (κ2) is 14.6. The lowest BCUT2D eigenvalue weighted by molar-refractivity contribution is -0.00389. The first-order valence-corrected chi connectivity index (χ1v) is 22.4. The highest BCUT2D eigenvalue weighted by Gasteiger charge is 2.33. The number of fused-ring (bicyclic) bond motifs is 2.